The van der Waals surface area contributed by atoms with Gasteiger partial charge in [0.15, 0.2) is 30.9 Å². The standard InChI is InChI=1S/C37H38F3N6O2/c1-43-35(32-19-20-42-45(32)30-17-15-27(24-41)16-18-30)34(36(48)46(43)31-9-6-8-29(23-31)37(38,39)40)33(47)10-5-7-26-11-13-28(14-12-26)25-44-21-3-2-4-22-44/h2-4,6,8-9,15-23,26,28,36,48H,5,7,10-14,25H2,1H3/q+1/t26?,28?,36-/m0/s1. The summed E-state index contributed by atoms with van der Waals surface area (Å²) in [5.41, 5.74) is 1.26. The molecule has 1 aliphatic carbocycles. The lowest BCUT2D eigenvalue weighted by Gasteiger charge is -2.33. The van der Waals surface area contributed by atoms with E-state index in [2.05, 4.69) is 28.1 Å². The van der Waals surface area contributed by atoms with Crippen molar-refractivity contribution in [2.24, 2.45) is 11.8 Å². The molecule has 4 aromatic rings. The number of nitrogens with zero attached hydrogens (tertiary/aromatic N) is 6. The van der Waals surface area contributed by atoms with Gasteiger partial charge in [-0.15, -0.1) is 0 Å². The molecule has 0 saturated heterocycles. The maximum atomic E-state index is 14.0. The topological polar surface area (TPSA) is 89.3 Å². The largest absolute Gasteiger partial charge is 0.416 e. The number of ketones is 1. The van der Waals surface area contributed by atoms with E-state index in [0.717, 1.165) is 50.8 Å². The number of benzene rings is 2. The van der Waals surface area contributed by atoms with Crippen LogP contribution in [0.2, 0.25) is 0 Å². The molecule has 1 saturated carbocycles. The molecule has 1 fully saturated rings. The summed E-state index contributed by atoms with van der Waals surface area (Å²) < 4.78 is 44.8. The van der Waals surface area contributed by atoms with Crippen LogP contribution in [-0.4, -0.2) is 39.0 Å². The van der Waals surface area contributed by atoms with Crippen molar-refractivity contribution in [1.29, 1.82) is 5.26 Å². The predicted molar refractivity (Wildman–Crippen MR) is 174 cm³/mol. The number of hydrazine groups is 1. The molecular weight excluding hydrogens is 617 g/mol. The molecule has 2 aromatic carbocycles. The first-order valence-electron chi connectivity index (χ1n) is 16.3. The molecule has 11 heteroatoms. The van der Waals surface area contributed by atoms with Crippen molar-refractivity contribution in [1.82, 2.24) is 14.8 Å². The van der Waals surface area contributed by atoms with Gasteiger partial charge in [0.1, 0.15) is 0 Å². The molecule has 6 rings (SSSR count). The highest BCUT2D eigenvalue weighted by Gasteiger charge is 2.42. The van der Waals surface area contributed by atoms with Crippen molar-refractivity contribution < 1.29 is 27.6 Å². The smallest absolute Gasteiger partial charge is 0.368 e. The maximum Gasteiger partial charge on any atom is 0.416 e. The van der Waals surface area contributed by atoms with Crippen LogP contribution in [0, 0.1) is 23.2 Å². The van der Waals surface area contributed by atoms with E-state index in [0.29, 0.717) is 40.9 Å². The van der Waals surface area contributed by atoms with Gasteiger partial charge in [-0.25, -0.2) is 9.25 Å². The molecule has 2 aliphatic rings. The van der Waals surface area contributed by atoms with Gasteiger partial charge in [-0.05, 0) is 86.6 Å². The van der Waals surface area contributed by atoms with Gasteiger partial charge in [-0.1, -0.05) is 18.6 Å². The summed E-state index contributed by atoms with van der Waals surface area (Å²) in [7, 11) is 1.61. The van der Waals surface area contributed by atoms with Crippen LogP contribution < -0.4 is 9.58 Å². The number of pyridine rings is 1. The van der Waals surface area contributed by atoms with Crippen LogP contribution >= 0.6 is 0 Å². The minimum Gasteiger partial charge on any atom is -0.368 e. The molecule has 0 spiro atoms. The van der Waals surface area contributed by atoms with Gasteiger partial charge < -0.3 is 5.11 Å². The molecule has 2 aromatic heterocycles. The molecule has 0 amide bonds. The zero-order valence-electron chi connectivity index (χ0n) is 26.7. The number of hydrogen-bond donors (Lipinski definition) is 1. The Hall–Kier alpha value is -4.95. The van der Waals surface area contributed by atoms with E-state index < -0.39 is 18.0 Å². The van der Waals surface area contributed by atoms with Gasteiger partial charge in [0.25, 0.3) is 0 Å². The molecule has 8 nitrogen and oxygen atoms in total. The number of carbonyl (C=O) groups is 1. The first-order valence-corrected chi connectivity index (χ1v) is 16.3. The lowest BCUT2D eigenvalue weighted by molar-refractivity contribution is -0.703. The number of alkyl halides is 3. The normalized spacial score (nSPS) is 19.9. The number of hydrogen-bond acceptors (Lipinski definition) is 6. The van der Waals surface area contributed by atoms with Crippen LogP contribution in [0.3, 0.4) is 0 Å². The van der Waals surface area contributed by atoms with Gasteiger partial charge in [0.05, 0.1) is 51.7 Å². The SMILES string of the molecule is CN1C(c2ccnn2-c2ccc(C#N)cc2)=C(C(=O)CCCC2CCC(C[n+]3ccccc3)CC2)[C@H](O)N1c1cccc(C(F)(F)F)c1. The van der Waals surface area contributed by atoms with E-state index in [1.165, 1.54) is 22.2 Å². The fourth-order valence-corrected chi connectivity index (χ4v) is 7.02. The summed E-state index contributed by atoms with van der Waals surface area (Å²) in [6.45, 7) is 1.01. The highest BCUT2D eigenvalue weighted by molar-refractivity contribution is 6.05. The Morgan fingerprint density at radius 3 is 2.38 bits per heavy atom. The number of rotatable bonds is 10. The van der Waals surface area contributed by atoms with Crippen molar-refractivity contribution in [3.8, 4) is 11.8 Å². The second kappa shape index (κ2) is 14.0. The van der Waals surface area contributed by atoms with Crippen LogP contribution in [-0.2, 0) is 17.5 Å². The third kappa shape index (κ3) is 6.99. The minimum atomic E-state index is -4.58. The van der Waals surface area contributed by atoms with Crippen LogP contribution in [0.5, 0.6) is 0 Å². The van der Waals surface area contributed by atoms with Crippen LogP contribution in [0.4, 0.5) is 18.9 Å². The lowest BCUT2D eigenvalue weighted by atomic mass is 9.79. The number of aliphatic hydroxyl groups excluding tert-OH is 1. The zero-order chi connectivity index (χ0) is 33.8. The van der Waals surface area contributed by atoms with Crippen molar-refractivity contribution in [3.05, 3.63) is 114 Å². The highest BCUT2D eigenvalue weighted by atomic mass is 19.4. The molecule has 3 heterocycles. The lowest BCUT2D eigenvalue weighted by Crippen LogP contribution is -2.41. The molecule has 1 N–H and O–H groups in total. The van der Waals surface area contributed by atoms with E-state index in [9.17, 15) is 28.3 Å². The van der Waals surface area contributed by atoms with Crippen LogP contribution in [0.15, 0.2) is 97.0 Å². The Labute approximate surface area is 277 Å². The fourth-order valence-electron chi connectivity index (χ4n) is 7.02. The third-order valence-corrected chi connectivity index (χ3v) is 9.49. The Bertz CT molecular complexity index is 1810. The number of nitriles is 1. The van der Waals surface area contributed by atoms with Gasteiger partial charge >= 0.3 is 6.18 Å². The summed E-state index contributed by atoms with van der Waals surface area (Å²) in [6, 6.07) is 21.3. The van der Waals surface area contributed by atoms with Crippen molar-refractivity contribution >= 4 is 17.2 Å². The number of Topliss-reactive ketones (excluding diaryl/α,β-unsaturated/α-hetero) is 1. The van der Waals surface area contributed by atoms with Gasteiger partial charge in [-0.2, -0.15) is 23.5 Å². The molecule has 48 heavy (non-hydrogen) atoms. The minimum absolute atomic E-state index is 0.0926. The predicted octanol–water partition coefficient (Wildman–Crippen LogP) is 6.69. The molecule has 0 unspecified atom stereocenters. The second-order valence-electron chi connectivity index (χ2n) is 12.6. The molecule has 1 aliphatic heterocycles. The second-order valence-corrected chi connectivity index (χ2v) is 12.6. The van der Waals surface area contributed by atoms with Gasteiger partial charge in [0, 0.05) is 31.5 Å². The van der Waals surface area contributed by atoms with E-state index >= 15 is 0 Å². The number of aromatic nitrogens is 3. The Kier molecular flexibility index (Phi) is 9.64. The van der Waals surface area contributed by atoms with E-state index in [-0.39, 0.29) is 23.5 Å². The number of carbonyl (C=O) groups excluding carboxylic acids is 1. The number of aliphatic hydroxyl groups is 1. The first-order chi connectivity index (χ1) is 23.1. The van der Waals surface area contributed by atoms with Crippen molar-refractivity contribution in [3.63, 3.8) is 0 Å². The zero-order valence-corrected chi connectivity index (χ0v) is 26.7. The Balaban J connectivity index is 1.22. The fraction of sp³-hybridized carbons (Fsp3) is 0.351. The van der Waals surface area contributed by atoms with Gasteiger partial charge in [0.2, 0.25) is 0 Å². The van der Waals surface area contributed by atoms with Crippen molar-refractivity contribution in [2.75, 3.05) is 12.1 Å². The van der Waals surface area contributed by atoms with Crippen molar-refractivity contribution in [2.45, 2.75) is 63.9 Å². The van der Waals surface area contributed by atoms with Gasteiger partial charge in [-0.3, -0.25) is 14.8 Å². The van der Waals surface area contributed by atoms with E-state index in [4.69, 9.17) is 0 Å². The number of anilines is 1. The highest BCUT2D eigenvalue weighted by Crippen LogP contribution is 2.41. The average molecular weight is 656 g/mol. The third-order valence-electron chi connectivity index (χ3n) is 9.49. The molecule has 248 valence electrons. The first kappa shape index (κ1) is 33.0. The number of halogens is 3. The van der Waals surface area contributed by atoms with Crippen LogP contribution in [0.1, 0.15) is 61.8 Å². The molecule has 0 radical (unpaired) electrons. The van der Waals surface area contributed by atoms with E-state index in [1.807, 2.05) is 18.2 Å². The summed E-state index contributed by atoms with van der Waals surface area (Å²) in [6.07, 6.45) is 5.90. The Morgan fingerprint density at radius 2 is 1.69 bits per heavy atom. The molecule has 0 bridgehead atoms. The monoisotopic (exact) mass is 655 g/mol. The maximum absolute atomic E-state index is 14.0. The van der Waals surface area contributed by atoms with E-state index in [1.54, 1.807) is 48.3 Å². The average Bonchev–Trinajstić information content (AvgIpc) is 3.67. The van der Waals surface area contributed by atoms with Crippen LogP contribution in [0.25, 0.3) is 11.4 Å². The summed E-state index contributed by atoms with van der Waals surface area (Å²) in [5, 5.41) is 28.2. The summed E-state index contributed by atoms with van der Waals surface area (Å²) in [4.78, 5) is 14.0. The quantitative estimate of drug-likeness (QED) is 0.192. The summed E-state index contributed by atoms with van der Waals surface area (Å²) in [5.74, 6) is 0.898. The molecule has 1 atom stereocenters. The summed E-state index contributed by atoms with van der Waals surface area (Å²) >= 11 is 0. The molecular formula is C37H38F3N6O2+. The Morgan fingerprint density at radius 1 is 0.979 bits per heavy atom.